The second kappa shape index (κ2) is 5.55. The lowest BCUT2D eigenvalue weighted by Crippen LogP contribution is -2.21. The van der Waals surface area contributed by atoms with Gasteiger partial charge in [0.1, 0.15) is 5.82 Å². The number of anilines is 2. The van der Waals surface area contributed by atoms with Gasteiger partial charge in [-0.05, 0) is 30.7 Å². The van der Waals surface area contributed by atoms with E-state index in [1.54, 1.807) is 0 Å². The summed E-state index contributed by atoms with van der Waals surface area (Å²) >= 11 is 0. The van der Waals surface area contributed by atoms with E-state index in [1.165, 1.54) is 31.7 Å². The molecule has 0 amide bonds. The first-order valence-corrected chi connectivity index (χ1v) is 6.54. The minimum absolute atomic E-state index is 0.000239. The molecule has 18 heavy (non-hydrogen) atoms. The van der Waals surface area contributed by atoms with E-state index in [9.17, 15) is 8.78 Å². The Morgan fingerprint density at radius 2 is 2.11 bits per heavy atom. The molecule has 0 heterocycles. The molecule has 2 nitrogen and oxygen atoms in total. The SMILES string of the molecule is CC1CCCC(CNc2cc(F)cc(F)c2N)C1. The quantitative estimate of drug-likeness (QED) is 0.805. The molecule has 1 aromatic rings. The Morgan fingerprint density at radius 3 is 2.83 bits per heavy atom. The molecule has 0 bridgehead atoms. The predicted molar refractivity (Wildman–Crippen MR) is 70.4 cm³/mol. The molecule has 2 unspecified atom stereocenters. The summed E-state index contributed by atoms with van der Waals surface area (Å²) in [6.45, 7) is 2.99. The van der Waals surface area contributed by atoms with Crippen molar-refractivity contribution in [1.29, 1.82) is 0 Å². The maximum atomic E-state index is 13.3. The molecular weight excluding hydrogens is 234 g/mol. The first kappa shape index (κ1) is 13.1. The molecule has 4 heteroatoms. The highest BCUT2D eigenvalue weighted by Crippen LogP contribution is 2.30. The summed E-state index contributed by atoms with van der Waals surface area (Å²) in [4.78, 5) is 0. The number of hydrogen-bond acceptors (Lipinski definition) is 2. The normalized spacial score (nSPS) is 23.9. The van der Waals surface area contributed by atoms with Crippen LogP contribution in [0.3, 0.4) is 0 Å². The molecule has 1 aromatic carbocycles. The van der Waals surface area contributed by atoms with Crippen molar-refractivity contribution in [3.63, 3.8) is 0 Å². The average molecular weight is 254 g/mol. The molecule has 0 saturated heterocycles. The van der Waals surface area contributed by atoms with E-state index in [4.69, 9.17) is 5.73 Å². The monoisotopic (exact) mass is 254 g/mol. The third-order valence-corrected chi connectivity index (χ3v) is 3.72. The van der Waals surface area contributed by atoms with Crippen molar-refractivity contribution in [2.75, 3.05) is 17.6 Å². The fourth-order valence-electron chi connectivity index (χ4n) is 2.73. The topological polar surface area (TPSA) is 38.0 Å². The Labute approximate surface area is 107 Å². The van der Waals surface area contributed by atoms with Crippen LogP contribution in [0.1, 0.15) is 32.6 Å². The smallest absolute Gasteiger partial charge is 0.151 e. The van der Waals surface area contributed by atoms with E-state index in [-0.39, 0.29) is 5.69 Å². The Hall–Kier alpha value is -1.32. The Kier molecular flexibility index (Phi) is 4.04. The standard InChI is InChI=1S/C14H20F2N2/c1-9-3-2-4-10(5-9)8-18-13-7-11(15)6-12(16)14(13)17/h6-7,9-10,18H,2-5,8,17H2,1H3. The van der Waals surface area contributed by atoms with E-state index < -0.39 is 11.6 Å². The molecule has 2 rings (SSSR count). The van der Waals surface area contributed by atoms with Crippen LogP contribution >= 0.6 is 0 Å². The van der Waals surface area contributed by atoms with Crippen LogP contribution in [0.25, 0.3) is 0 Å². The van der Waals surface area contributed by atoms with Crippen LogP contribution in [0.2, 0.25) is 0 Å². The Morgan fingerprint density at radius 1 is 1.33 bits per heavy atom. The molecule has 3 N–H and O–H groups in total. The van der Waals surface area contributed by atoms with Crippen molar-refractivity contribution < 1.29 is 8.78 Å². The third kappa shape index (κ3) is 3.12. The number of nitrogens with two attached hydrogens (primary N) is 1. The van der Waals surface area contributed by atoms with E-state index in [2.05, 4.69) is 12.2 Å². The van der Waals surface area contributed by atoms with E-state index in [0.29, 0.717) is 11.6 Å². The maximum absolute atomic E-state index is 13.3. The van der Waals surface area contributed by atoms with Gasteiger partial charge in [0.15, 0.2) is 5.82 Å². The second-order valence-electron chi connectivity index (χ2n) is 5.37. The zero-order chi connectivity index (χ0) is 13.1. The van der Waals surface area contributed by atoms with Gasteiger partial charge in [0.05, 0.1) is 11.4 Å². The van der Waals surface area contributed by atoms with E-state index in [0.717, 1.165) is 18.5 Å². The second-order valence-corrected chi connectivity index (χ2v) is 5.37. The summed E-state index contributed by atoms with van der Waals surface area (Å²) < 4.78 is 26.4. The lowest BCUT2D eigenvalue weighted by molar-refractivity contribution is 0.293. The molecule has 1 aliphatic carbocycles. The number of benzene rings is 1. The first-order valence-electron chi connectivity index (χ1n) is 6.54. The van der Waals surface area contributed by atoms with Gasteiger partial charge in [0.2, 0.25) is 0 Å². The number of halogens is 2. The minimum Gasteiger partial charge on any atom is -0.395 e. The highest BCUT2D eigenvalue weighted by atomic mass is 19.1. The molecule has 100 valence electrons. The zero-order valence-electron chi connectivity index (χ0n) is 10.7. The largest absolute Gasteiger partial charge is 0.395 e. The van der Waals surface area contributed by atoms with Gasteiger partial charge < -0.3 is 11.1 Å². The first-order chi connectivity index (χ1) is 8.56. The summed E-state index contributed by atoms with van der Waals surface area (Å²) in [5.41, 5.74) is 5.96. The highest BCUT2D eigenvalue weighted by Gasteiger charge is 2.19. The van der Waals surface area contributed by atoms with Crippen molar-refractivity contribution in [3.05, 3.63) is 23.8 Å². The van der Waals surface area contributed by atoms with Gasteiger partial charge in [-0.25, -0.2) is 8.78 Å². The van der Waals surface area contributed by atoms with Crippen LogP contribution < -0.4 is 11.1 Å². The fourth-order valence-corrected chi connectivity index (χ4v) is 2.73. The summed E-state index contributed by atoms with van der Waals surface area (Å²) in [5.74, 6) is 0.0161. The molecular formula is C14H20F2N2. The lowest BCUT2D eigenvalue weighted by Gasteiger charge is -2.27. The molecule has 1 aliphatic rings. The van der Waals surface area contributed by atoms with Gasteiger partial charge in [-0.15, -0.1) is 0 Å². The van der Waals surface area contributed by atoms with E-state index >= 15 is 0 Å². The van der Waals surface area contributed by atoms with Gasteiger partial charge >= 0.3 is 0 Å². The van der Waals surface area contributed by atoms with Gasteiger partial charge in [-0.3, -0.25) is 0 Å². The lowest BCUT2D eigenvalue weighted by atomic mass is 9.82. The van der Waals surface area contributed by atoms with Crippen molar-refractivity contribution >= 4 is 11.4 Å². The average Bonchev–Trinajstić information content (AvgIpc) is 2.32. The maximum Gasteiger partial charge on any atom is 0.151 e. The number of nitrogens with one attached hydrogen (secondary N) is 1. The predicted octanol–water partition coefficient (Wildman–Crippen LogP) is 3.79. The van der Waals surface area contributed by atoms with E-state index in [1.807, 2.05) is 0 Å². The molecule has 1 fully saturated rings. The highest BCUT2D eigenvalue weighted by molar-refractivity contribution is 5.66. The van der Waals surface area contributed by atoms with Crippen molar-refractivity contribution in [2.45, 2.75) is 32.6 Å². The summed E-state index contributed by atoms with van der Waals surface area (Å²) in [6, 6.07) is 2.06. The van der Waals surface area contributed by atoms with Gasteiger partial charge in [-0.2, -0.15) is 0 Å². The van der Waals surface area contributed by atoms with Crippen molar-refractivity contribution in [1.82, 2.24) is 0 Å². The van der Waals surface area contributed by atoms with Crippen LogP contribution in [0.4, 0.5) is 20.2 Å². The van der Waals surface area contributed by atoms with Crippen molar-refractivity contribution in [2.24, 2.45) is 11.8 Å². The Balaban J connectivity index is 1.97. The fraction of sp³-hybridized carbons (Fsp3) is 0.571. The Bertz CT molecular complexity index is 421. The van der Waals surface area contributed by atoms with Crippen LogP contribution in [-0.2, 0) is 0 Å². The van der Waals surface area contributed by atoms with Gasteiger partial charge in [0.25, 0.3) is 0 Å². The van der Waals surface area contributed by atoms with Crippen molar-refractivity contribution in [3.8, 4) is 0 Å². The number of hydrogen-bond donors (Lipinski definition) is 2. The van der Waals surface area contributed by atoms with Crippen LogP contribution in [0.15, 0.2) is 12.1 Å². The van der Waals surface area contributed by atoms with Gasteiger partial charge in [0, 0.05) is 12.6 Å². The number of nitrogen functional groups attached to an aromatic ring is 1. The minimum atomic E-state index is -0.700. The molecule has 0 aromatic heterocycles. The molecule has 0 aliphatic heterocycles. The molecule has 0 spiro atoms. The summed E-state index contributed by atoms with van der Waals surface area (Å²) in [7, 11) is 0. The third-order valence-electron chi connectivity index (χ3n) is 3.72. The van der Waals surface area contributed by atoms with Crippen LogP contribution in [-0.4, -0.2) is 6.54 Å². The van der Waals surface area contributed by atoms with Crippen LogP contribution in [0, 0.1) is 23.5 Å². The molecule has 0 radical (unpaired) electrons. The summed E-state index contributed by atoms with van der Waals surface area (Å²) in [5, 5.41) is 3.08. The van der Waals surface area contributed by atoms with Crippen LogP contribution in [0.5, 0.6) is 0 Å². The molecule has 1 saturated carbocycles. The number of rotatable bonds is 3. The molecule has 2 atom stereocenters. The summed E-state index contributed by atoms with van der Waals surface area (Å²) in [6.07, 6.45) is 4.87. The van der Waals surface area contributed by atoms with Gasteiger partial charge in [-0.1, -0.05) is 19.8 Å². The zero-order valence-corrected chi connectivity index (χ0v) is 10.7.